The average molecular weight is 562 g/mol. The predicted molar refractivity (Wildman–Crippen MR) is 130 cm³/mol. The van der Waals surface area contributed by atoms with Crippen molar-refractivity contribution in [1.82, 2.24) is 20.2 Å². The summed E-state index contributed by atoms with van der Waals surface area (Å²) in [6, 6.07) is -1.54. The number of carbonyl (C=O) groups excluding carboxylic acids is 2. The van der Waals surface area contributed by atoms with E-state index < -0.39 is 42.1 Å². The molecule has 3 heterocycles. The van der Waals surface area contributed by atoms with Gasteiger partial charge in [-0.3, -0.25) is 9.59 Å². The van der Waals surface area contributed by atoms with Gasteiger partial charge in [0.05, 0.1) is 11.0 Å². The molecule has 4 rings (SSSR count). The van der Waals surface area contributed by atoms with Gasteiger partial charge >= 0.3 is 6.18 Å². The first-order valence-electron chi connectivity index (χ1n) is 12.3. The van der Waals surface area contributed by atoms with Crippen LogP contribution >= 0.6 is 11.3 Å². The molecular weight excluding hydrogens is 533 g/mol. The van der Waals surface area contributed by atoms with E-state index in [-0.39, 0.29) is 45.5 Å². The highest BCUT2D eigenvalue weighted by molar-refractivity contribution is 7.17. The minimum absolute atomic E-state index is 0.00916. The van der Waals surface area contributed by atoms with Crippen LogP contribution in [-0.4, -0.2) is 68.7 Å². The third-order valence-electron chi connectivity index (χ3n) is 6.83. The van der Waals surface area contributed by atoms with E-state index in [1.165, 1.54) is 6.92 Å². The van der Waals surface area contributed by atoms with Crippen LogP contribution in [-0.2, 0) is 0 Å². The molecule has 2 aliphatic rings. The number of aliphatic hydroxyl groups excluding tert-OH is 1. The van der Waals surface area contributed by atoms with Gasteiger partial charge in [-0.15, -0.1) is 11.3 Å². The molecule has 0 unspecified atom stereocenters. The third kappa shape index (κ3) is 5.90. The fraction of sp³-hybridized carbons (Fsp3) is 0.583. The summed E-state index contributed by atoms with van der Waals surface area (Å²) in [5.41, 5.74) is -1.01. The number of anilines is 1. The predicted octanol–water partition coefficient (Wildman–Crippen LogP) is 4.77. The fourth-order valence-electron chi connectivity index (χ4n) is 4.58. The fourth-order valence-corrected chi connectivity index (χ4v) is 5.57. The number of alkyl halides is 5. The molecule has 0 spiro atoms. The molecule has 2 amide bonds. The molecule has 2 fully saturated rings. The van der Waals surface area contributed by atoms with Crippen LogP contribution in [0.15, 0.2) is 12.3 Å². The third-order valence-corrected chi connectivity index (χ3v) is 7.91. The molecule has 1 saturated carbocycles. The molecule has 1 aliphatic carbocycles. The quantitative estimate of drug-likeness (QED) is 0.401. The molecule has 8 nitrogen and oxygen atoms in total. The molecule has 14 heteroatoms. The Balaban J connectivity index is 1.73. The molecule has 2 aromatic heterocycles. The second-order valence-corrected chi connectivity index (χ2v) is 10.6. The Morgan fingerprint density at radius 1 is 1.29 bits per heavy atom. The number of amides is 2. The smallest absolute Gasteiger partial charge is 0.393 e. The van der Waals surface area contributed by atoms with Gasteiger partial charge in [0.25, 0.3) is 18.2 Å². The number of likely N-dealkylation sites (tertiary alicyclic amines) is 1. The summed E-state index contributed by atoms with van der Waals surface area (Å²) in [6.45, 7) is 3.60. The Morgan fingerprint density at radius 3 is 2.55 bits per heavy atom. The Morgan fingerprint density at radius 2 is 2.00 bits per heavy atom. The van der Waals surface area contributed by atoms with Crippen LogP contribution in [0.25, 0.3) is 10.4 Å². The maximum Gasteiger partial charge on any atom is 0.408 e. The Hall–Kier alpha value is -2.87. The van der Waals surface area contributed by atoms with Crippen molar-refractivity contribution < 1.29 is 36.6 Å². The molecule has 0 bridgehead atoms. The van der Waals surface area contributed by atoms with Crippen LogP contribution in [0.2, 0.25) is 0 Å². The summed E-state index contributed by atoms with van der Waals surface area (Å²) in [5.74, 6) is -1.52. The van der Waals surface area contributed by atoms with Gasteiger partial charge in [-0.1, -0.05) is 6.92 Å². The molecule has 3 N–H and O–H groups in total. The molecule has 2 aromatic rings. The number of carbonyl (C=O) groups is 2. The van der Waals surface area contributed by atoms with E-state index in [0.717, 1.165) is 36.4 Å². The number of nitrogens with zero attached hydrogens (tertiary/aromatic N) is 3. The maximum atomic E-state index is 14.2. The zero-order valence-electron chi connectivity index (χ0n) is 20.7. The van der Waals surface area contributed by atoms with Crippen molar-refractivity contribution in [3.8, 4) is 10.4 Å². The van der Waals surface area contributed by atoms with Gasteiger partial charge in [-0.2, -0.15) is 13.2 Å². The van der Waals surface area contributed by atoms with Crippen molar-refractivity contribution in [1.29, 1.82) is 0 Å². The largest absolute Gasteiger partial charge is 0.408 e. The summed E-state index contributed by atoms with van der Waals surface area (Å²) in [5, 5.41) is 14.2. The van der Waals surface area contributed by atoms with E-state index in [4.69, 9.17) is 0 Å². The Labute approximate surface area is 219 Å². The lowest BCUT2D eigenvalue weighted by Crippen LogP contribution is -2.46. The molecule has 1 aliphatic heterocycles. The van der Waals surface area contributed by atoms with Crippen molar-refractivity contribution in [2.24, 2.45) is 0 Å². The van der Waals surface area contributed by atoms with Gasteiger partial charge in [0.2, 0.25) is 0 Å². The zero-order valence-corrected chi connectivity index (χ0v) is 21.5. The lowest BCUT2D eigenvalue weighted by Gasteiger charge is -2.31. The highest BCUT2D eigenvalue weighted by atomic mass is 32.1. The minimum atomic E-state index is -4.61. The number of aliphatic hydroxyl groups is 1. The highest BCUT2D eigenvalue weighted by Gasteiger charge is 2.39. The van der Waals surface area contributed by atoms with Crippen LogP contribution in [0.5, 0.6) is 0 Å². The van der Waals surface area contributed by atoms with Crippen molar-refractivity contribution in [3.05, 3.63) is 28.5 Å². The molecule has 208 valence electrons. The highest BCUT2D eigenvalue weighted by Crippen LogP contribution is 2.39. The molecule has 1 saturated heterocycles. The van der Waals surface area contributed by atoms with Gasteiger partial charge < -0.3 is 20.6 Å². The summed E-state index contributed by atoms with van der Waals surface area (Å²) in [4.78, 5) is 36.0. The van der Waals surface area contributed by atoms with E-state index in [1.54, 1.807) is 4.90 Å². The van der Waals surface area contributed by atoms with E-state index in [9.17, 15) is 36.6 Å². The van der Waals surface area contributed by atoms with Crippen molar-refractivity contribution in [2.45, 2.75) is 82.8 Å². The standard InChI is InChI=1S/C24H28F5N5O3S/c1-3-16(24(27,28)29)32-17-9-14(20(25)26)15(10-30-17)19-18(23(37)34-6-4-5-11(34)2)33-22(38-19)21(36)31-12-7-13(35)8-12/h9-13,16,20,35H,3-8H2,1-2H3,(H,30,32)(H,31,36)/t11-,12-,13-,16+/m0/s1. The number of halogens is 5. The van der Waals surface area contributed by atoms with Gasteiger partial charge in [-0.05, 0) is 45.1 Å². The lowest BCUT2D eigenvalue weighted by molar-refractivity contribution is -0.142. The number of hydrogen-bond acceptors (Lipinski definition) is 7. The van der Waals surface area contributed by atoms with Crippen molar-refractivity contribution in [2.75, 3.05) is 11.9 Å². The Bertz CT molecular complexity index is 1180. The topological polar surface area (TPSA) is 107 Å². The summed E-state index contributed by atoms with van der Waals surface area (Å²) >= 11 is 0.740. The zero-order chi connectivity index (χ0) is 27.8. The van der Waals surface area contributed by atoms with Crippen LogP contribution in [0.1, 0.15) is 78.2 Å². The van der Waals surface area contributed by atoms with E-state index in [2.05, 4.69) is 20.6 Å². The summed E-state index contributed by atoms with van der Waals surface area (Å²) in [7, 11) is 0. The number of thiazole rings is 1. The van der Waals surface area contributed by atoms with E-state index >= 15 is 0 Å². The summed E-state index contributed by atoms with van der Waals surface area (Å²) in [6.07, 6.45) is -5.35. The second-order valence-electron chi connectivity index (χ2n) is 9.59. The van der Waals surface area contributed by atoms with E-state index in [1.807, 2.05) is 6.92 Å². The molecule has 2 atom stereocenters. The normalized spacial score (nSPS) is 22.3. The molecule has 38 heavy (non-hydrogen) atoms. The van der Waals surface area contributed by atoms with Crippen molar-refractivity contribution in [3.63, 3.8) is 0 Å². The SMILES string of the molecule is CC[C@@H](Nc1cc(C(F)F)c(-c2sc(C(=O)N[C@H]3C[C@H](O)C3)nc2C(=O)N2CCC[C@@H]2C)cn1)C(F)(F)F. The van der Waals surface area contributed by atoms with Crippen LogP contribution in [0, 0.1) is 0 Å². The number of aromatic nitrogens is 2. The lowest BCUT2D eigenvalue weighted by atomic mass is 9.89. The van der Waals surface area contributed by atoms with Gasteiger partial charge in [0.1, 0.15) is 17.6 Å². The Kier molecular flexibility index (Phi) is 8.21. The van der Waals surface area contributed by atoms with Crippen LogP contribution < -0.4 is 10.6 Å². The van der Waals surface area contributed by atoms with Crippen LogP contribution in [0.4, 0.5) is 27.8 Å². The van der Waals surface area contributed by atoms with Crippen molar-refractivity contribution >= 4 is 29.0 Å². The molecular formula is C24H28F5N5O3S. The first-order valence-corrected chi connectivity index (χ1v) is 13.1. The summed E-state index contributed by atoms with van der Waals surface area (Å²) < 4.78 is 68.0. The first-order chi connectivity index (χ1) is 17.9. The monoisotopic (exact) mass is 561 g/mol. The molecule has 0 aromatic carbocycles. The number of hydrogen-bond donors (Lipinski definition) is 3. The number of pyridine rings is 1. The van der Waals surface area contributed by atoms with E-state index in [0.29, 0.717) is 19.4 Å². The second kappa shape index (κ2) is 11.1. The molecule has 0 radical (unpaired) electrons. The minimum Gasteiger partial charge on any atom is -0.393 e. The van der Waals surface area contributed by atoms with Crippen LogP contribution in [0.3, 0.4) is 0 Å². The van der Waals surface area contributed by atoms with Gasteiger partial charge in [0.15, 0.2) is 5.01 Å². The van der Waals surface area contributed by atoms with Gasteiger partial charge in [0, 0.05) is 36.0 Å². The average Bonchev–Trinajstić information content (AvgIpc) is 3.47. The van der Waals surface area contributed by atoms with Gasteiger partial charge in [-0.25, -0.2) is 18.7 Å². The first kappa shape index (κ1) is 28.1. The number of nitrogens with one attached hydrogen (secondary N) is 2. The number of rotatable bonds is 8. The maximum absolute atomic E-state index is 14.2.